The van der Waals surface area contributed by atoms with Gasteiger partial charge in [0.05, 0.1) is 17.5 Å². The summed E-state index contributed by atoms with van der Waals surface area (Å²) in [6, 6.07) is 5.68. The van der Waals surface area contributed by atoms with E-state index >= 15 is 0 Å². The van der Waals surface area contributed by atoms with E-state index in [0.717, 1.165) is 30.4 Å². The quantitative estimate of drug-likeness (QED) is 0.831. The fraction of sp³-hybridized carbons (Fsp3) is 0.533. The summed E-state index contributed by atoms with van der Waals surface area (Å²) in [6.07, 6.45) is 2.56. The minimum atomic E-state index is 0.165. The maximum absolute atomic E-state index is 12.2. The second kappa shape index (κ2) is 8.01. The van der Waals surface area contributed by atoms with E-state index in [9.17, 15) is 4.79 Å². The summed E-state index contributed by atoms with van der Waals surface area (Å²) in [7, 11) is 1.92. The van der Waals surface area contributed by atoms with Gasteiger partial charge < -0.3 is 15.0 Å². The molecule has 0 spiro atoms. The first-order chi connectivity index (χ1) is 10.1. The highest BCUT2D eigenvalue weighted by Gasteiger charge is 2.27. The van der Waals surface area contributed by atoms with Crippen molar-refractivity contribution in [2.45, 2.75) is 25.3 Å². The van der Waals surface area contributed by atoms with Crippen LogP contribution in [0, 0.1) is 0 Å². The molecule has 0 radical (unpaired) electrons. The van der Waals surface area contributed by atoms with Crippen molar-refractivity contribution in [3.05, 3.63) is 27.7 Å². The van der Waals surface area contributed by atoms with Crippen LogP contribution in [0.15, 0.2) is 22.7 Å². The first kappa shape index (κ1) is 16.6. The molecule has 1 aromatic carbocycles. The molecule has 1 N–H and O–H groups in total. The van der Waals surface area contributed by atoms with E-state index in [-0.39, 0.29) is 5.91 Å². The predicted molar refractivity (Wildman–Crippen MR) is 87.9 cm³/mol. The molecule has 116 valence electrons. The van der Waals surface area contributed by atoms with Crippen LogP contribution in [0.2, 0.25) is 5.02 Å². The highest BCUT2D eigenvalue weighted by atomic mass is 79.9. The molecule has 1 fully saturated rings. The molecule has 1 heterocycles. The number of amides is 1. The molecular weight excluding hydrogens is 356 g/mol. The van der Waals surface area contributed by atoms with Crippen LogP contribution in [-0.4, -0.2) is 43.6 Å². The van der Waals surface area contributed by atoms with E-state index in [4.69, 9.17) is 16.3 Å². The Labute approximate surface area is 138 Å². The zero-order chi connectivity index (χ0) is 15.2. The van der Waals surface area contributed by atoms with E-state index in [1.54, 1.807) is 18.2 Å². The molecule has 6 heteroatoms. The van der Waals surface area contributed by atoms with E-state index in [0.29, 0.717) is 29.8 Å². The number of carbonyl (C=O) groups is 1. The molecule has 0 aromatic heterocycles. The van der Waals surface area contributed by atoms with Gasteiger partial charge in [-0.25, -0.2) is 0 Å². The summed E-state index contributed by atoms with van der Waals surface area (Å²) < 4.78 is 6.45. The summed E-state index contributed by atoms with van der Waals surface area (Å²) >= 11 is 9.28. The highest BCUT2D eigenvalue weighted by molar-refractivity contribution is 9.10. The molecule has 1 unspecified atom stereocenters. The lowest BCUT2D eigenvalue weighted by Gasteiger charge is -2.24. The molecule has 1 aromatic rings. The molecule has 1 atom stereocenters. The van der Waals surface area contributed by atoms with Crippen LogP contribution in [0.1, 0.15) is 19.3 Å². The third-order valence-electron chi connectivity index (χ3n) is 3.60. The average Bonchev–Trinajstić information content (AvgIpc) is 2.90. The zero-order valence-electron chi connectivity index (χ0n) is 12.1. The molecule has 1 aliphatic heterocycles. The van der Waals surface area contributed by atoms with Crippen LogP contribution in [0.25, 0.3) is 0 Å². The number of halogens is 2. The van der Waals surface area contributed by atoms with E-state index < -0.39 is 0 Å². The Balaban J connectivity index is 1.81. The summed E-state index contributed by atoms with van der Waals surface area (Å²) in [5.41, 5.74) is 0. The monoisotopic (exact) mass is 374 g/mol. The molecular formula is C15H20BrClN2O2. The Morgan fingerprint density at radius 1 is 1.57 bits per heavy atom. The Hall–Kier alpha value is -0.780. The van der Waals surface area contributed by atoms with Crippen molar-refractivity contribution in [2.75, 3.05) is 26.7 Å². The minimum Gasteiger partial charge on any atom is -0.492 e. The number of hydrogen-bond acceptors (Lipinski definition) is 3. The number of carbonyl (C=O) groups excluding carboxylic acids is 1. The van der Waals surface area contributed by atoms with Crippen LogP contribution in [0.4, 0.5) is 0 Å². The fourth-order valence-electron chi connectivity index (χ4n) is 2.60. The van der Waals surface area contributed by atoms with E-state index in [1.807, 2.05) is 11.9 Å². The Morgan fingerprint density at radius 2 is 2.38 bits per heavy atom. The number of likely N-dealkylation sites (N-methyl/N-ethyl adjacent to an activating group) is 1. The highest BCUT2D eigenvalue weighted by Crippen LogP contribution is 2.28. The summed E-state index contributed by atoms with van der Waals surface area (Å²) in [6.45, 7) is 2.09. The molecule has 1 amide bonds. The third-order valence-corrected chi connectivity index (χ3v) is 4.46. The lowest BCUT2D eigenvalue weighted by molar-refractivity contribution is -0.132. The largest absolute Gasteiger partial charge is 0.492 e. The molecule has 2 rings (SSSR count). The van der Waals surface area contributed by atoms with Gasteiger partial charge in [0.25, 0.3) is 0 Å². The van der Waals surface area contributed by atoms with Crippen molar-refractivity contribution < 1.29 is 9.53 Å². The van der Waals surface area contributed by atoms with Crippen molar-refractivity contribution in [3.8, 4) is 5.75 Å². The molecule has 0 saturated carbocycles. The maximum atomic E-state index is 12.2. The lowest BCUT2D eigenvalue weighted by Crippen LogP contribution is -2.41. The minimum absolute atomic E-state index is 0.165. The van der Waals surface area contributed by atoms with Crippen molar-refractivity contribution >= 4 is 33.4 Å². The van der Waals surface area contributed by atoms with Crippen LogP contribution in [-0.2, 0) is 4.79 Å². The Kier molecular flexibility index (Phi) is 6.33. The van der Waals surface area contributed by atoms with Gasteiger partial charge in [-0.3, -0.25) is 4.79 Å². The van der Waals surface area contributed by atoms with Gasteiger partial charge in [0.2, 0.25) is 5.91 Å². The normalized spacial score (nSPS) is 18.0. The van der Waals surface area contributed by atoms with Gasteiger partial charge >= 0.3 is 0 Å². The second-order valence-electron chi connectivity index (χ2n) is 5.11. The van der Waals surface area contributed by atoms with Crippen molar-refractivity contribution in [1.82, 2.24) is 10.2 Å². The first-order valence-electron chi connectivity index (χ1n) is 7.13. The van der Waals surface area contributed by atoms with Gasteiger partial charge in [-0.2, -0.15) is 0 Å². The molecule has 1 aliphatic rings. The predicted octanol–water partition coefficient (Wildman–Crippen LogP) is 3.08. The first-order valence-corrected chi connectivity index (χ1v) is 8.31. The van der Waals surface area contributed by atoms with Gasteiger partial charge in [-0.05, 0) is 54.0 Å². The zero-order valence-corrected chi connectivity index (χ0v) is 14.4. The number of rotatable bonds is 6. The number of benzene rings is 1. The van der Waals surface area contributed by atoms with Crippen molar-refractivity contribution in [1.29, 1.82) is 0 Å². The second-order valence-corrected chi connectivity index (χ2v) is 6.40. The lowest BCUT2D eigenvalue weighted by atomic mass is 10.2. The summed E-state index contributed by atoms with van der Waals surface area (Å²) in [5, 5.41) is 3.80. The fourth-order valence-corrected chi connectivity index (χ4v) is 3.39. The number of nitrogens with zero attached hydrogens (tertiary/aromatic N) is 1. The van der Waals surface area contributed by atoms with Gasteiger partial charge in [-0.15, -0.1) is 0 Å². The van der Waals surface area contributed by atoms with Crippen LogP contribution in [0.5, 0.6) is 5.75 Å². The van der Waals surface area contributed by atoms with Gasteiger partial charge in [0.1, 0.15) is 5.75 Å². The van der Waals surface area contributed by atoms with Gasteiger partial charge in [0, 0.05) is 24.2 Å². The van der Waals surface area contributed by atoms with Gasteiger partial charge in [0.15, 0.2) is 0 Å². The number of hydrogen-bond donors (Lipinski definition) is 1. The summed E-state index contributed by atoms with van der Waals surface area (Å²) in [4.78, 5) is 14.2. The standard InChI is InChI=1S/C15H20BrClN2O2/c1-18-10-12-3-2-7-19(12)15(20)6-8-21-14-5-4-11(17)9-13(14)16/h4-5,9,12,18H,2-3,6-8,10H2,1H3. The average molecular weight is 376 g/mol. The van der Waals surface area contributed by atoms with Crippen LogP contribution in [0.3, 0.4) is 0 Å². The molecule has 1 saturated heterocycles. The number of likely N-dealkylation sites (tertiary alicyclic amines) is 1. The topological polar surface area (TPSA) is 41.6 Å². The third kappa shape index (κ3) is 4.59. The van der Waals surface area contributed by atoms with Crippen LogP contribution >= 0.6 is 27.5 Å². The molecule has 4 nitrogen and oxygen atoms in total. The number of nitrogens with one attached hydrogen (secondary N) is 1. The van der Waals surface area contributed by atoms with Crippen molar-refractivity contribution in [3.63, 3.8) is 0 Å². The molecule has 21 heavy (non-hydrogen) atoms. The Bertz CT molecular complexity index is 499. The molecule has 0 aliphatic carbocycles. The smallest absolute Gasteiger partial charge is 0.226 e. The Morgan fingerprint density at radius 3 is 3.10 bits per heavy atom. The SMILES string of the molecule is CNCC1CCCN1C(=O)CCOc1ccc(Cl)cc1Br. The van der Waals surface area contributed by atoms with E-state index in [2.05, 4.69) is 21.2 Å². The molecule has 0 bridgehead atoms. The van der Waals surface area contributed by atoms with Crippen molar-refractivity contribution in [2.24, 2.45) is 0 Å². The van der Waals surface area contributed by atoms with Gasteiger partial charge in [-0.1, -0.05) is 11.6 Å². The number of ether oxygens (including phenoxy) is 1. The van der Waals surface area contributed by atoms with E-state index in [1.165, 1.54) is 0 Å². The van der Waals surface area contributed by atoms with Crippen LogP contribution < -0.4 is 10.1 Å². The summed E-state index contributed by atoms with van der Waals surface area (Å²) in [5.74, 6) is 0.873. The maximum Gasteiger partial charge on any atom is 0.226 e.